The Morgan fingerprint density at radius 1 is 1.29 bits per heavy atom. The third kappa shape index (κ3) is 2.43. The van der Waals surface area contributed by atoms with Crippen molar-refractivity contribution in [3.63, 3.8) is 0 Å². The van der Waals surface area contributed by atoms with E-state index in [1.165, 1.54) is 11.9 Å². The number of hydrogen-bond donors (Lipinski definition) is 0. The smallest absolute Gasteiger partial charge is 0.206 e. The number of anilines is 1. The number of benzene rings is 1. The van der Waals surface area contributed by atoms with E-state index in [2.05, 4.69) is 60.6 Å². The van der Waals surface area contributed by atoms with Gasteiger partial charge in [-0.15, -0.1) is 0 Å². The lowest BCUT2D eigenvalue weighted by Gasteiger charge is -2.19. The number of aryl methyl sites for hydroxylation is 1. The van der Waals surface area contributed by atoms with E-state index >= 15 is 0 Å². The fraction of sp³-hybridized carbons (Fsp3) is 0.500. The summed E-state index contributed by atoms with van der Waals surface area (Å²) in [5, 5.41) is 0. The molecule has 3 nitrogen and oxygen atoms in total. The van der Waals surface area contributed by atoms with E-state index < -0.39 is 0 Å². The highest BCUT2D eigenvalue weighted by molar-refractivity contribution is 5.78. The second-order valence-electron chi connectivity index (χ2n) is 5.06. The first kappa shape index (κ1) is 12.0. The molecule has 0 unspecified atom stereocenters. The molecule has 0 aliphatic rings. The van der Waals surface area contributed by atoms with Gasteiger partial charge in [-0.25, -0.2) is 4.98 Å². The Morgan fingerprint density at radius 2 is 2.00 bits per heavy atom. The highest BCUT2D eigenvalue weighted by atomic mass is 15.3. The quantitative estimate of drug-likeness (QED) is 0.806. The molecule has 2 aromatic rings. The van der Waals surface area contributed by atoms with Crippen molar-refractivity contribution in [2.24, 2.45) is 13.0 Å². The molecule has 1 heterocycles. The van der Waals surface area contributed by atoms with Crippen LogP contribution in [-0.2, 0) is 7.05 Å². The number of para-hydroxylation sites is 2. The standard InChI is InChI=1S/C14H21N3/c1-11(2)9-10-16(3)14-15-12-7-5-6-8-13(12)17(14)4/h5-8,11H,9-10H2,1-4H3. The van der Waals surface area contributed by atoms with E-state index in [4.69, 9.17) is 0 Å². The number of aromatic nitrogens is 2. The second kappa shape index (κ2) is 4.78. The predicted molar refractivity (Wildman–Crippen MR) is 73.4 cm³/mol. The fourth-order valence-electron chi connectivity index (χ4n) is 2.03. The van der Waals surface area contributed by atoms with E-state index in [1.807, 2.05) is 6.07 Å². The van der Waals surface area contributed by atoms with Crippen LogP contribution in [0.2, 0.25) is 0 Å². The van der Waals surface area contributed by atoms with Crippen LogP contribution in [0.15, 0.2) is 24.3 Å². The lowest BCUT2D eigenvalue weighted by Crippen LogP contribution is -2.22. The fourth-order valence-corrected chi connectivity index (χ4v) is 2.03. The van der Waals surface area contributed by atoms with Crippen LogP contribution in [0, 0.1) is 5.92 Å². The molecule has 0 spiro atoms. The number of imidazole rings is 1. The zero-order valence-electron chi connectivity index (χ0n) is 11.1. The van der Waals surface area contributed by atoms with E-state index in [0.29, 0.717) is 0 Å². The maximum atomic E-state index is 4.68. The largest absolute Gasteiger partial charge is 0.345 e. The van der Waals surface area contributed by atoms with Crippen LogP contribution in [0.25, 0.3) is 11.0 Å². The molecule has 3 heteroatoms. The van der Waals surface area contributed by atoms with E-state index in [-0.39, 0.29) is 0 Å². The number of fused-ring (bicyclic) bond motifs is 1. The van der Waals surface area contributed by atoms with Crippen molar-refractivity contribution in [2.45, 2.75) is 20.3 Å². The van der Waals surface area contributed by atoms with Crippen LogP contribution in [0.3, 0.4) is 0 Å². The lowest BCUT2D eigenvalue weighted by molar-refractivity contribution is 0.579. The van der Waals surface area contributed by atoms with Crippen LogP contribution in [-0.4, -0.2) is 23.1 Å². The summed E-state index contributed by atoms with van der Waals surface area (Å²) in [5.74, 6) is 1.78. The summed E-state index contributed by atoms with van der Waals surface area (Å²) >= 11 is 0. The molecule has 0 radical (unpaired) electrons. The van der Waals surface area contributed by atoms with Gasteiger partial charge in [-0.2, -0.15) is 0 Å². The Morgan fingerprint density at radius 3 is 2.65 bits per heavy atom. The van der Waals surface area contributed by atoms with Gasteiger partial charge in [0.15, 0.2) is 0 Å². The lowest BCUT2D eigenvalue weighted by atomic mass is 10.1. The van der Waals surface area contributed by atoms with Crippen molar-refractivity contribution in [3.05, 3.63) is 24.3 Å². The summed E-state index contributed by atoms with van der Waals surface area (Å²) in [6.45, 7) is 5.56. The van der Waals surface area contributed by atoms with Crippen LogP contribution < -0.4 is 4.90 Å². The molecule has 17 heavy (non-hydrogen) atoms. The monoisotopic (exact) mass is 231 g/mol. The minimum atomic E-state index is 0.729. The van der Waals surface area contributed by atoms with Gasteiger partial charge < -0.3 is 9.47 Å². The third-order valence-electron chi connectivity index (χ3n) is 3.15. The Hall–Kier alpha value is -1.51. The summed E-state index contributed by atoms with van der Waals surface area (Å²) in [6.07, 6.45) is 1.19. The van der Waals surface area contributed by atoms with Crippen LogP contribution in [0.4, 0.5) is 5.95 Å². The second-order valence-corrected chi connectivity index (χ2v) is 5.06. The van der Waals surface area contributed by atoms with Crippen molar-refractivity contribution in [3.8, 4) is 0 Å². The van der Waals surface area contributed by atoms with Crippen molar-refractivity contribution in [2.75, 3.05) is 18.5 Å². The number of nitrogens with zero attached hydrogens (tertiary/aromatic N) is 3. The van der Waals surface area contributed by atoms with Gasteiger partial charge in [-0.3, -0.25) is 0 Å². The first-order valence-corrected chi connectivity index (χ1v) is 6.22. The van der Waals surface area contributed by atoms with E-state index in [0.717, 1.165) is 23.9 Å². The molecule has 0 fully saturated rings. The Kier molecular flexibility index (Phi) is 3.36. The van der Waals surface area contributed by atoms with Gasteiger partial charge in [0, 0.05) is 20.6 Å². The number of hydrogen-bond acceptors (Lipinski definition) is 2. The molecule has 0 aliphatic heterocycles. The van der Waals surface area contributed by atoms with Gasteiger partial charge >= 0.3 is 0 Å². The first-order valence-electron chi connectivity index (χ1n) is 6.22. The molecule has 0 amide bonds. The molecular weight excluding hydrogens is 210 g/mol. The number of rotatable bonds is 4. The Labute approximate surface area is 103 Å². The average Bonchev–Trinajstić information content (AvgIpc) is 2.64. The molecule has 0 bridgehead atoms. The maximum Gasteiger partial charge on any atom is 0.206 e. The Bertz CT molecular complexity index is 499. The van der Waals surface area contributed by atoms with E-state index in [1.54, 1.807) is 0 Å². The molecule has 92 valence electrons. The summed E-state index contributed by atoms with van der Waals surface area (Å²) < 4.78 is 2.16. The minimum absolute atomic E-state index is 0.729. The van der Waals surface area contributed by atoms with Crippen LogP contribution >= 0.6 is 0 Å². The maximum absolute atomic E-state index is 4.68. The van der Waals surface area contributed by atoms with Gasteiger partial charge in [0.2, 0.25) is 5.95 Å². The zero-order valence-corrected chi connectivity index (χ0v) is 11.1. The SMILES string of the molecule is CC(C)CCN(C)c1nc2ccccc2n1C. The average molecular weight is 231 g/mol. The molecule has 2 rings (SSSR count). The van der Waals surface area contributed by atoms with Gasteiger partial charge in [0.1, 0.15) is 0 Å². The summed E-state index contributed by atoms with van der Waals surface area (Å²) in [7, 11) is 4.19. The van der Waals surface area contributed by atoms with Crippen molar-refractivity contribution in [1.82, 2.24) is 9.55 Å². The minimum Gasteiger partial charge on any atom is -0.345 e. The predicted octanol–water partition coefficient (Wildman–Crippen LogP) is 3.06. The van der Waals surface area contributed by atoms with Crippen LogP contribution in [0.5, 0.6) is 0 Å². The van der Waals surface area contributed by atoms with E-state index in [9.17, 15) is 0 Å². The first-order chi connectivity index (χ1) is 8.09. The normalized spacial score (nSPS) is 11.4. The Balaban J connectivity index is 2.26. The molecule has 0 atom stereocenters. The summed E-state index contributed by atoms with van der Waals surface area (Å²) in [6, 6.07) is 8.27. The molecule has 1 aromatic heterocycles. The molecule has 0 saturated heterocycles. The van der Waals surface area contributed by atoms with Gasteiger partial charge in [-0.05, 0) is 24.5 Å². The van der Waals surface area contributed by atoms with Crippen molar-refractivity contribution in [1.29, 1.82) is 0 Å². The molecule has 0 aliphatic carbocycles. The van der Waals surface area contributed by atoms with Gasteiger partial charge in [0.05, 0.1) is 11.0 Å². The topological polar surface area (TPSA) is 21.1 Å². The molecule has 0 saturated carbocycles. The zero-order chi connectivity index (χ0) is 12.4. The summed E-state index contributed by atoms with van der Waals surface area (Å²) in [5.41, 5.74) is 2.26. The van der Waals surface area contributed by atoms with Gasteiger partial charge in [-0.1, -0.05) is 26.0 Å². The highest BCUT2D eigenvalue weighted by Crippen LogP contribution is 2.20. The molecule has 1 aromatic carbocycles. The van der Waals surface area contributed by atoms with Crippen LogP contribution in [0.1, 0.15) is 20.3 Å². The molecular formula is C14H21N3. The van der Waals surface area contributed by atoms with Gasteiger partial charge in [0.25, 0.3) is 0 Å². The third-order valence-corrected chi connectivity index (χ3v) is 3.15. The molecule has 0 N–H and O–H groups in total. The highest BCUT2D eigenvalue weighted by Gasteiger charge is 2.11. The summed E-state index contributed by atoms with van der Waals surface area (Å²) in [4.78, 5) is 6.92. The van der Waals surface area contributed by atoms with Crippen molar-refractivity contribution < 1.29 is 0 Å². The van der Waals surface area contributed by atoms with Crippen molar-refractivity contribution >= 4 is 17.0 Å².